The lowest BCUT2D eigenvalue weighted by molar-refractivity contribution is 0.0992. The van der Waals surface area contributed by atoms with E-state index < -0.39 is 5.82 Å². The number of Topliss-reactive ketones (excluding diaryl/α,β-unsaturated/α-hetero) is 1. The average molecular weight is 283 g/mol. The quantitative estimate of drug-likeness (QED) is 0.755. The van der Waals surface area contributed by atoms with E-state index >= 15 is 0 Å². The highest BCUT2D eigenvalue weighted by Gasteiger charge is 2.11. The average Bonchev–Trinajstić information content (AvgIpc) is 2.34. The van der Waals surface area contributed by atoms with E-state index in [0.717, 1.165) is 0 Å². The number of carbonyl (C=O) groups excluding carboxylic acids is 1. The summed E-state index contributed by atoms with van der Waals surface area (Å²) >= 11 is 11.6. The molecule has 0 amide bonds. The van der Waals surface area contributed by atoms with E-state index in [1.54, 1.807) is 24.3 Å². The molecule has 2 aromatic carbocycles. The molecule has 1 nitrogen and oxygen atoms in total. The largest absolute Gasteiger partial charge is 0.294 e. The molecule has 0 fully saturated rings. The third-order valence-corrected chi connectivity index (χ3v) is 2.98. The molecule has 18 heavy (non-hydrogen) atoms. The number of benzene rings is 2. The molecule has 0 saturated carbocycles. The number of carbonyl (C=O) groups is 1. The first kappa shape index (κ1) is 13.1. The minimum absolute atomic E-state index is 0.0350. The zero-order chi connectivity index (χ0) is 13.1. The first-order valence-corrected chi connectivity index (χ1v) is 6.04. The fraction of sp³-hybridized carbons (Fsp3) is 0.0714. The van der Waals surface area contributed by atoms with Crippen molar-refractivity contribution >= 4 is 29.0 Å². The maximum absolute atomic E-state index is 13.5. The van der Waals surface area contributed by atoms with Crippen LogP contribution in [0.3, 0.4) is 0 Å². The molecule has 0 heterocycles. The van der Waals surface area contributed by atoms with Gasteiger partial charge < -0.3 is 0 Å². The van der Waals surface area contributed by atoms with Crippen LogP contribution in [-0.2, 0) is 6.42 Å². The summed E-state index contributed by atoms with van der Waals surface area (Å²) in [6, 6.07) is 10.7. The number of ketones is 1. The van der Waals surface area contributed by atoms with Gasteiger partial charge in [-0.25, -0.2) is 4.39 Å². The van der Waals surface area contributed by atoms with Gasteiger partial charge in [0.25, 0.3) is 0 Å². The normalized spacial score (nSPS) is 10.4. The fourth-order valence-corrected chi connectivity index (χ4v) is 2.00. The molecule has 0 unspecified atom stereocenters. The van der Waals surface area contributed by atoms with Crippen LogP contribution in [0.1, 0.15) is 15.9 Å². The van der Waals surface area contributed by atoms with Crippen molar-refractivity contribution in [3.8, 4) is 0 Å². The van der Waals surface area contributed by atoms with E-state index in [4.69, 9.17) is 23.2 Å². The molecule has 0 saturated heterocycles. The van der Waals surface area contributed by atoms with Gasteiger partial charge in [0.1, 0.15) is 5.82 Å². The smallest absolute Gasteiger partial charge is 0.167 e. The Bertz CT molecular complexity index is 596. The summed E-state index contributed by atoms with van der Waals surface area (Å²) in [4.78, 5) is 12.0. The van der Waals surface area contributed by atoms with Crippen molar-refractivity contribution in [3.05, 3.63) is 69.5 Å². The summed E-state index contributed by atoms with van der Waals surface area (Å²) in [6.45, 7) is 0. The van der Waals surface area contributed by atoms with E-state index in [2.05, 4.69) is 0 Å². The molecular weight excluding hydrogens is 274 g/mol. The number of rotatable bonds is 3. The summed E-state index contributed by atoms with van der Waals surface area (Å²) in [6.07, 6.45) is -0.0350. The zero-order valence-corrected chi connectivity index (χ0v) is 10.8. The maximum atomic E-state index is 13.5. The summed E-state index contributed by atoms with van der Waals surface area (Å²) in [7, 11) is 0. The van der Waals surface area contributed by atoms with Crippen molar-refractivity contribution in [1.29, 1.82) is 0 Å². The highest BCUT2D eigenvalue weighted by atomic mass is 35.5. The molecule has 92 valence electrons. The lowest BCUT2D eigenvalue weighted by atomic mass is 10.0. The molecule has 0 N–H and O–H groups in total. The van der Waals surface area contributed by atoms with Gasteiger partial charge in [0.2, 0.25) is 0 Å². The van der Waals surface area contributed by atoms with Gasteiger partial charge in [-0.3, -0.25) is 4.79 Å². The van der Waals surface area contributed by atoms with Crippen LogP contribution >= 0.6 is 23.2 Å². The van der Waals surface area contributed by atoms with Crippen LogP contribution in [0.25, 0.3) is 0 Å². The number of hydrogen-bond acceptors (Lipinski definition) is 1. The lowest BCUT2D eigenvalue weighted by Crippen LogP contribution is -2.05. The Balaban J connectivity index is 2.24. The molecule has 0 bridgehead atoms. The number of halogens is 3. The SMILES string of the molecule is O=C(Cc1cc(Cl)ccc1F)c1cccc(Cl)c1. The molecule has 0 aromatic heterocycles. The first-order valence-electron chi connectivity index (χ1n) is 5.29. The van der Waals surface area contributed by atoms with E-state index in [1.165, 1.54) is 18.2 Å². The second-order valence-electron chi connectivity index (χ2n) is 3.85. The van der Waals surface area contributed by atoms with Gasteiger partial charge in [0, 0.05) is 22.0 Å². The summed E-state index contributed by atoms with van der Waals surface area (Å²) < 4.78 is 13.5. The Morgan fingerprint density at radius 2 is 1.78 bits per heavy atom. The monoisotopic (exact) mass is 282 g/mol. The predicted molar refractivity (Wildman–Crippen MR) is 70.9 cm³/mol. The van der Waals surface area contributed by atoms with Crippen LogP contribution in [0.2, 0.25) is 10.0 Å². The van der Waals surface area contributed by atoms with Crippen molar-refractivity contribution in [3.63, 3.8) is 0 Å². The number of hydrogen-bond donors (Lipinski definition) is 0. The van der Waals surface area contributed by atoms with Gasteiger partial charge >= 0.3 is 0 Å². The van der Waals surface area contributed by atoms with E-state index in [1.807, 2.05) is 0 Å². The molecular formula is C14H9Cl2FO. The highest BCUT2D eigenvalue weighted by molar-refractivity contribution is 6.31. The lowest BCUT2D eigenvalue weighted by Gasteiger charge is -2.04. The van der Waals surface area contributed by atoms with Crippen molar-refractivity contribution in [2.75, 3.05) is 0 Å². The van der Waals surface area contributed by atoms with Crippen LogP contribution in [0.5, 0.6) is 0 Å². The van der Waals surface area contributed by atoms with Gasteiger partial charge in [0.05, 0.1) is 0 Å². The zero-order valence-electron chi connectivity index (χ0n) is 9.29. The van der Waals surface area contributed by atoms with Crippen LogP contribution in [0, 0.1) is 5.82 Å². The molecule has 2 rings (SSSR count). The Hall–Kier alpha value is -1.38. The molecule has 0 atom stereocenters. The van der Waals surface area contributed by atoms with Crippen LogP contribution in [-0.4, -0.2) is 5.78 Å². The minimum Gasteiger partial charge on any atom is -0.294 e. The van der Waals surface area contributed by atoms with Crippen molar-refractivity contribution < 1.29 is 9.18 Å². The fourth-order valence-electron chi connectivity index (χ4n) is 1.62. The van der Waals surface area contributed by atoms with Crippen molar-refractivity contribution in [2.45, 2.75) is 6.42 Å². The van der Waals surface area contributed by atoms with E-state index in [-0.39, 0.29) is 17.8 Å². The highest BCUT2D eigenvalue weighted by Crippen LogP contribution is 2.18. The van der Waals surface area contributed by atoms with Crippen LogP contribution in [0.4, 0.5) is 4.39 Å². The summed E-state index contributed by atoms with van der Waals surface area (Å²) in [5, 5.41) is 0.887. The van der Waals surface area contributed by atoms with Gasteiger partial charge in [-0.2, -0.15) is 0 Å². The Labute approximate surface area is 114 Å². The third kappa shape index (κ3) is 3.09. The second-order valence-corrected chi connectivity index (χ2v) is 4.72. The molecule has 0 spiro atoms. The molecule has 0 radical (unpaired) electrons. The van der Waals surface area contributed by atoms with Crippen LogP contribution in [0.15, 0.2) is 42.5 Å². The molecule has 0 aliphatic carbocycles. The molecule has 0 aliphatic heterocycles. The first-order chi connectivity index (χ1) is 8.56. The van der Waals surface area contributed by atoms with Gasteiger partial charge in [-0.1, -0.05) is 35.3 Å². The molecule has 0 aliphatic rings. The topological polar surface area (TPSA) is 17.1 Å². The Morgan fingerprint density at radius 1 is 1.06 bits per heavy atom. The van der Waals surface area contributed by atoms with Gasteiger partial charge in [-0.05, 0) is 35.9 Å². The summed E-state index contributed by atoms with van der Waals surface area (Å²) in [5.74, 6) is -0.631. The van der Waals surface area contributed by atoms with Gasteiger partial charge in [-0.15, -0.1) is 0 Å². The molecule has 2 aromatic rings. The van der Waals surface area contributed by atoms with Crippen molar-refractivity contribution in [2.24, 2.45) is 0 Å². The van der Waals surface area contributed by atoms with Crippen molar-refractivity contribution in [1.82, 2.24) is 0 Å². The molecule has 4 heteroatoms. The predicted octanol–water partition coefficient (Wildman–Crippen LogP) is 4.56. The van der Waals surface area contributed by atoms with E-state index in [0.29, 0.717) is 15.6 Å². The van der Waals surface area contributed by atoms with Crippen LogP contribution < -0.4 is 0 Å². The Kier molecular flexibility index (Phi) is 4.00. The second kappa shape index (κ2) is 5.51. The van der Waals surface area contributed by atoms with E-state index in [9.17, 15) is 9.18 Å². The minimum atomic E-state index is -0.435. The third-order valence-electron chi connectivity index (χ3n) is 2.51. The standard InChI is InChI=1S/C14H9Cl2FO/c15-11-3-1-2-9(6-11)14(18)8-10-7-12(16)4-5-13(10)17/h1-7H,8H2. The van der Waals surface area contributed by atoms with Gasteiger partial charge in [0.15, 0.2) is 5.78 Å². The summed E-state index contributed by atoms with van der Waals surface area (Å²) in [5.41, 5.74) is 0.745. The maximum Gasteiger partial charge on any atom is 0.167 e. The Morgan fingerprint density at radius 3 is 2.50 bits per heavy atom.